The number of aliphatic hydroxyl groups is 1. The number of hydrogen-bond acceptors (Lipinski definition) is 3. The van der Waals surface area contributed by atoms with E-state index in [0.717, 1.165) is 12.1 Å². The van der Waals surface area contributed by atoms with Gasteiger partial charge in [-0.15, -0.1) is 0 Å². The Balaban J connectivity index is 2.58. The lowest BCUT2D eigenvalue weighted by molar-refractivity contribution is 0.178. The summed E-state index contributed by atoms with van der Waals surface area (Å²) >= 11 is 0. The molecular formula is C10H16N2O2. The van der Waals surface area contributed by atoms with E-state index in [0.29, 0.717) is 13.0 Å². The van der Waals surface area contributed by atoms with Crippen LogP contribution in [-0.4, -0.2) is 21.0 Å². The Hall–Kier alpha value is -1.16. The van der Waals surface area contributed by atoms with Crippen molar-refractivity contribution in [1.82, 2.24) is 9.78 Å². The van der Waals surface area contributed by atoms with E-state index in [1.807, 2.05) is 6.92 Å². The second-order valence-electron chi connectivity index (χ2n) is 3.53. The van der Waals surface area contributed by atoms with Crippen molar-refractivity contribution in [2.45, 2.75) is 39.3 Å². The largest absolute Gasteiger partial charge is 0.393 e. The zero-order valence-corrected chi connectivity index (χ0v) is 8.60. The van der Waals surface area contributed by atoms with Crippen LogP contribution in [0.5, 0.6) is 0 Å². The Morgan fingerprint density at radius 3 is 2.93 bits per heavy atom. The Morgan fingerprint density at radius 1 is 1.57 bits per heavy atom. The highest BCUT2D eigenvalue weighted by Crippen LogP contribution is 1.97. The normalized spacial score (nSPS) is 12.8. The topological polar surface area (TPSA) is 55.1 Å². The van der Waals surface area contributed by atoms with Crippen molar-refractivity contribution in [3.8, 4) is 0 Å². The Labute approximate surface area is 83.2 Å². The summed E-state index contributed by atoms with van der Waals surface area (Å²) in [6.07, 6.45) is 1.16. The van der Waals surface area contributed by atoms with E-state index in [-0.39, 0.29) is 11.7 Å². The maximum Gasteiger partial charge on any atom is 0.266 e. The molecule has 1 N–H and O–H groups in total. The lowest BCUT2D eigenvalue weighted by atomic mass is 10.2. The highest BCUT2D eigenvalue weighted by molar-refractivity contribution is 4.96. The molecule has 0 saturated carbocycles. The molecule has 0 aromatic carbocycles. The van der Waals surface area contributed by atoms with Crippen LogP contribution in [0.15, 0.2) is 16.9 Å². The highest BCUT2D eigenvalue weighted by Gasteiger charge is 1.99. The molecule has 1 atom stereocenters. The molecule has 0 aliphatic carbocycles. The lowest BCUT2D eigenvalue weighted by Crippen LogP contribution is -2.22. The second kappa shape index (κ2) is 4.91. The molecule has 1 aromatic heterocycles. The third-order valence-electron chi connectivity index (χ3n) is 1.99. The van der Waals surface area contributed by atoms with Crippen LogP contribution in [0.4, 0.5) is 0 Å². The van der Waals surface area contributed by atoms with Gasteiger partial charge in [0.15, 0.2) is 0 Å². The molecule has 4 nitrogen and oxygen atoms in total. The van der Waals surface area contributed by atoms with Crippen LogP contribution in [0.2, 0.25) is 0 Å². The zero-order valence-electron chi connectivity index (χ0n) is 8.60. The molecule has 0 amide bonds. The van der Waals surface area contributed by atoms with Crippen LogP contribution in [-0.2, 0) is 6.54 Å². The van der Waals surface area contributed by atoms with Gasteiger partial charge in [-0.1, -0.05) is 0 Å². The summed E-state index contributed by atoms with van der Waals surface area (Å²) in [6.45, 7) is 4.17. The first-order valence-corrected chi connectivity index (χ1v) is 4.82. The fraction of sp³-hybridized carbons (Fsp3) is 0.600. The summed E-state index contributed by atoms with van der Waals surface area (Å²) in [6, 6.07) is 3.22. The van der Waals surface area contributed by atoms with Gasteiger partial charge in [0.25, 0.3) is 5.56 Å². The minimum Gasteiger partial charge on any atom is -0.393 e. The van der Waals surface area contributed by atoms with Crippen LogP contribution in [0.3, 0.4) is 0 Å². The van der Waals surface area contributed by atoms with Crippen molar-refractivity contribution in [1.29, 1.82) is 0 Å². The molecule has 1 aromatic rings. The predicted molar refractivity (Wildman–Crippen MR) is 54.1 cm³/mol. The van der Waals surface area contributed by atoms with Gasteiger partial charge in [0, 0.05) is 12.6 Å². The van der Waals surface area contributed by atoms with Crippen molar-refractivity contribution in [3.63, 3.8) is 0 Å². The first-order chi connectivity index (χ1) is 6.59. The maximum atomic E-state index is 11.3. The first kappa shape index (κ1) is 10.9. The molecule has 0 fully saturated rings. The third-order valence-corrected chi connectivity index (χ3v) is 1.99. The van der Waals surface area contributed by atoms with Crippen LogP contribution >= 0.6 is 0 Å². The quantitative estimate of drug-likeness (QED) is 0.771. The van der Waals surface area contributed by atoms with Crippen LogP contribution in [0.1, 0.15) is 25.5 Å². The van der Waals surface area contributed by atoms with E-state index in [1.165, 1.54) is 10.7 Å². The monoisotopic (exact) mass is 196 g/mol. The average Bonchev–Trinajstić information content (AvgIpc) is 2.10. The summed E-state index contributed by atoms with van der Waals surface area (Å²) in [7, 11) is 0. The molecule has 0 aliphatic heterocycles. The van der Waals surface area contributed by atoms with Gasteiger partial charge in [0.05, 0.1) is 11.8 Å². The van der Waals surface area contributed by atoms with Crippen molar-refractivity contribution in [2.75, 3.05) is 0 Å². The maximum absolute atomic E-state index is 11.3. The number of aromatic nitrogens is 2. The molecule has 78 valence electrons. The summed E-state index contributed by atoms with van der Waals surface area (Å²) in [5, 5.41) is 13.1. The fourth-order valence-corrected chi connectivity index (χ4v) is 1.25. The van der Waals surface area contributed by atoms with Crippen LogP contribution in [0, 0.1) is 6.92 Å². The first-order valence-electron chi connectivity index (χ1n) is 4.82. The lowest BCUT2D eigenvalue weighted by Gasteiger charge is -2.06. The van der Waals surface area contributed by atoms with Gasteiger partial charge in [-0.2, -0.15) is 5.10 Å². The minimum atomic E-state index is -0.310. The summed E-state index contributed by atoms with van der Waals surface area (Å²) < 4.78 is 1.44. The van der Waals surface area contributed by atoms with Crippen molar-refractivity contribution >= 4 is 0 Å². The van der Waals surface area contributed by atoms with Crippen LogP contribution < -0.4 is 5.56 Å². The zero-order chi connectivity index (χ0) is 10.6. The molecule has 0 radical (unpaired) electrons. The van der Waals surface area contributed by atoms with Gasteiger partial charge < -0.3 is 5.11 Å². The van der Waals surface area contributed by atoms with E-state index in [9.17, 15) is 4.79 Å². The summed E-state index contributed by atoms with van der Waals surface area (Å²) in [5.41, 5.74) is 0.753. The van der Waals surface area contributed by atoms with E-state index < -0.39 is 0 Å². The minimum absolute atomic E-state index is 0.0822. The molecule has 0 saturated heterocycles. The molecule has 0 bridgehead atoms. The molecule has 1 rings (SSSR count). The van der Waals surface area contributed by atoms with Crippen molar-refractivity contribution < 1.29 is 5.11 Å². The Kier molecular flexibility index (Phi) is 3.83. The molecule has 14 heavy (non-hydrogen) atoms. The molecule has 1 heterocycles. The fourth-order valence-electron chi connectivity index (χ4n) is 1.25. The van der Waals surface area contributed by atoms with E-state index in [1.54, 1.807) is 13.0 Å². The van der Waals surface area contributed by atoms with Crippen molar-refractivity contribution in [2.24, 2.45) is 0 Å². The Bertz CT molecular complexity index is 344. The smallest absolute Gasteiger partial charge is 0.266 e. The number of rotatable bonds is 4. The number of nitrogens with zero attached hydrogens (tertiary/aromatic N) is 2. The van der Waals surface area contributed by atoms with Gasteiger partial charge in [0.1, 0.15) is 0 Å². The molecule has 4 heteroatoms. The number of aryl methyl sites for hydroxylation is 2. The van der Waals surface area contributed by atoms with Crippen LogP contribution in [0.25, 0.3) is 0 Å². The predicted octanol–water partition coefficient (Wildman–Crippen LogP) is 0.713. The number of aliphatic hydroxyl groups excluding tert-OH is 1. The SMILES string of the molecule is Cc1ccc(=O)n(CCCC(C)O)n1. The average molecular weight is 196 g/mol. The summed E-state index contributed by atoms with van der Waals surface area (Å²) in [4.78, 5) is 11.3. The highest BCUT2D eigenvalue weighted by atomic mass is 16.3. The van der Waals surface area contributed by atoms with Gasteiger partial charge in [-0.05, 0) is 32.8 Å². The van der Waals surface area contributed by atoms with E-state index in [2.05, 4.69) is 5.10 Å². The van der Waals surface area contributed by atoms with Crippen molar-refractivity contribution in [3.05, 3.63) is 28.2 Å². The molecule has 0 aliphatic rings. The van der Waals surface area contributed by atoms with E-state index >= 15 is 0 Å². The van der Waals surface area contributed by atoms with Gasteiger partial charge in [-0.25, -0.2) is 4.68 Å². The standard InChI is InChI=1S/C10H16N2O2/c1-8-5-6-10(14)12(11-8)7-3-4-9(2)13/h5-6,9,13H,3-4,7H2,1-2H3. The van der Waals surface area contributed by atoms with Gasteiger partial charge >= 0.3 is 0 Å². The Morgan fingerprint density at radius 2 is 2.29 bits per heavy atom. The molecular weight excluding hydrogens is 180 g/mol. The molecule has 0 spiro atoms. The van der Waals surface area contributed by atoms with Gasteiger partial charge in [-0.3, -0.25) is 4.79 Å². The van der Waals surface area contributed by atoms with E-state index in [4.69, 9.17) is 5.11 Å². The summed E-state index contributed by atoms with van der Waals surface area (Å²) in [5.74, 6) is 0. The third kappa shape index (κ3) is 3.30. The molecule has 1 unspecified atom stereocenters. The van der Waals surface area contributed by atoms with Gasteiger partial charge in [0.2, 0.25) is 0 Å². The second-order valence-corrected chi connectivity index (χ2v) is 3.53. The number of hydrogen-bond donors (Lipinski definition) is 1.